The number of carboxylic acid groups (broad SMARTS) is 1. The number of aliphatic hydroxyl groups is 1. The number of hydrogen-bond acceptors (Lipinski definition) is 6. The van der Waals surface area contributed by atoms with E-state index in [2.05, 4.69) is 66.7 Å². The highest BCUT2D eigenvalue weighted by atomic mass is 16.5. The minimum atomic E-state index is -0.882. The maximum absolute atomic E-state index is 11.9. The first-order valence-corrected chi connectivity index (χ1v) is 17.5. The van der Waals surface area contributed by atoms with Crippen molar-refractivity contribution in [1.82, 2.24) is 10.2 Å². The third kappa shape index (κ3) is 8.90. The van der Waals surface area contributed by atoms with Gasteiger partial charge in [-0.25, -0.2) is 0 Å². The number of amides is 1. The van der Waals surface area contributed by atoms with Gasteiger partial charge in [-0.05, 0) is 123 Å². The molecule has 252 valence electrons. The molecule has 0 spiro atoms. The van der Waals surface area contributed by atoms with Crippen molar-refractivity contribution >= 4 is 11.9 Å². The van der Waals surface area contributed by atoms with E-state index in [1.165, 1.54) is 41.5 Å². The van der Waals surface area contributed by atoms with Gasteiger partial charge >= 0.3 is 5.97 Å². The lowest BCUT2D eigenvalue weighted by Gasteiger charge is -2.50. The van der Waals surface area contributed by atoms with Gasteiger partial charge in [-0.2, -0.15) is 0 Å². The Kier molecular flexibility index (Phi) is 12.2. The van der Waals surface area contributed by atoms with E-state index in [0.29, 0.717) is 43.9 Å². The molecule has 5 rings (SSSR count). The molecule has 2 aromatic carbocycles. The summed E-state index contributed by atoms with van der Waals surface area (Å²) in [6.07, 6.45) is 10.1. The number of nitrogens with one attached hydrogen (secondary N) is 1. The van der Waals surface area contributed by atoms with Gasteiger partial charge in [0, 0.05) is 19.5 Å². The number of fused-ring (bicyclic) bond motifs is 5. The standard InChI is InChI=1S/C38H54N2O6/c1-38-19-17-32-31-14-12-30(24-29(31)11-13-33(32)34(38)15-16-35(38)41)46-26-28-9-7-27(8-10-28)25-40(2)21-5-3-4-6-36(42)39-20-23-45-22-18-37(43)44/h7-10,12,14,24,32-35,41H,3-6,11,13,15-23,25-26H2,1-2H3,(H,39,42)(H,43,44)/t32?,33?,34?,35-,38-/m0/s1. The molecule has 46 heavy (non-hydrogen) atoms. The van der Waals surface area contributed by atoms with Crippen LogP contribution in [0, 0.1) is 17.3 Å². The highest BCUT2D eigenvalue weighted by Gasteiger charge is 2.54. The summed E-state index contributed by atoms with van der Waals surface area (Å²) in [6, 6.07) is 15.5. The summed E-state index contributed by atoms with van der Waals surface area (Å²) in [4.78, 5) is 24.7. The van der Waals surface area contributed by atoms with E-state index in [4.69, 9.17) is 14.6 Å². The van der Waals surface area contributed by atoms with Crippen molar-refractivity contribution < 1.29 is 29.3 Å². The third-order valence-electron chi connectivity index (χ3n) is 11.0. The molecule has 8 heteroatoms. The van der Waals surface area contributed by atoms with Crippen LogP contribution in [-0.2, 0) is 33.9 Å². The average molecular weight is 635 g/mol. The molecule has 8 nitrogen and oxygen atoms in total. The van der Waals surface area contributed by atoms with E-state index in [1.807, 2.05) is 0 Å². The van der Waals surface area contributed by atoms with Crippen molar-refractivity contribution in [1.29, 1.82) is 0 Å². The van der Waals surface area contributed by atoms with Gasteiger partial charge in [-0.15, -0.1) is 0 Å². The van der Waals surface area contributed by atoms with Gasteiger partial charge in [-0.3, -0.25) is 9.59 Å². The molecule has 0 aromatic heterocycles. The number of rotatable bonds is 17. The Morgan fingerprint density at radius 1 is 0.978 bits per heavy atom. The summed E-state index contributed by atoms with van der Waals surface area (Å²) in [7, 11) is 2.13. The summed E-state index contributed by atoms with van der Waals surface area (Å²) in [5.41, 5.74) is 5.55. The molecule has 3 N–H and O–H groups in total. The highest BCUT2D eigenvalue weighted by Crippen LogP contribution is 2.60. The van der Waals surface area contributed by atoms with Gasteiger partial charge in [0.25, 0.3) is 0 Å². The molecular weight excluding hydrogens is 580 g/mol. The molecule has 0 heterocycles. The largest absolute Gasteiger partial charge is 0.489 e. The quantitative estimate of drug-likeness (QED) is 0.181. The second kappa shape index (κ2) is 16.2. The van der Waals surface area contributed by atoms with E-state index in [1.54, 1.807) is 0 Å². The Bertz CT molecular complexity index is 1300. The molecule has 2 aromatic rings. The molecule has 3 aliphatic rings. The van der Waals surface area contributed by atoms with Gasteiger partial charge in [0.05, 0.1) is 25.7 Å². The normalized spacial score (nSPS) is 25.0. The Morgan fingerprint density at radius 3 is 2.59 bits per heavy atom. The first-order chi connectivity index (χ1) is 22.2. The maximum Gasteiger partial charge on any atom is 0.305 e. The number of aliphatic carboxylic acids is 1. The summed E-state index contributed by atoms with van der Waals surface area (Å²) < 4.78 is 11.4. The summed E-state index contributed by atoms with van der Waals surface area (Å²) in [5, 5.41) is 22.1. The number of unbranched alkanes of at least 4 members (excludes halogenated alkanes) is 2. The molecular formula is C38H54N2O6. The van der Waals surface area contributed by atoms with Gasteiger partial charge in [-0.1, -0.05) is 43.7 Å². The zero-order valence-corrected chi connectivity index (χ0v) is 27.8. The Morgan fingerprint density at radius 2 is 1.78 bits per heavy atom. The van der Waals surface area contributed by atoms with Crippen molar-refractivity contribution in [2.75, 3.05) is 33.4 Å². The van der Waals surface area contributed by atoms with E-state index < -0.39 is 5.97 Å². The predicted octanol–water partition coefficient (Wildman–Crippen LogP) is 6.08. The lowest BCUT2D eigenvalue weighted by atomic mass is 9.55. The number of nitrogens with zero attached hydrogens (tertiary/aromatic N) is 1. The van der Waals surface area contributed by atoms with E-state index >= 15 is 0 Å². The molecule has 0 aliphatic heterocycles. The molecule has 0 bridgehead atoms. The molecule has 2 fully saturated rings. The number of aliphatic hydroxyl groups excluding tert-OH is 1. The van der Waals surface area contributed by atoms with Gasteiger partial charge in [0.2, 0.25) is 5.91 Å². The van der Waals surface area contributed by atoms with Crippen molar-refractivity contribution in [3.8, 4) is 5.75 Å². The minimum Gasteiger partial charge on any atom is -0.489 e. The monoisotopic (exact) mass is 634 g/mol. The van der Waals surface area contributed by atoms with Gasteiger partial charge in [0.1, 0.15) is 12.4 Å². The number of hydrogen-bond donors (Lipinski definition) is 3. The topological polar surface area (TPSA) is 108 Å². The van der Waals surface area contributed by atoms with Crippen molar-refractivity contribution in [3.05, 3.63) is 64.7 Å². The fourth-order valence-corrected chi connectivity index (χ4v) is 8.38. The van der Waals surface area contributed by atoms with Gasteiger partial charge < -0.3 is 29.9 Å². The zero-order chi connectivity index (χ0) is 32.5. The number of benzene rings is 2. The van der Waals surface area contributed by atoms with Crippen LogP contribution in [0.2, 0.25) is 0 Å². The fourth-order valence-electron chi connectivity index (χ4n) is 8.38. The third-order valence-corrected chi connectivity index (χ3v) is 11.0. The zero-order valence-electron chi connectivity index (χ0n) is 27.8. The molecule has 3 unspecified atom stereocenters. The molecule has 0 saturated heterocycles. The maximum atomic E-state index is 11.9. The molecule has 3 aliphatic carbocycles. The predicted molar refractivity (Wildman–Crippen MR) is 179 cm³/mol. The van der Waals surface area contributed by atoms with Crippen LogP contribution in [0.15, 0.2) is 42.5 Å². The Labute approximate surface area is 274 Å². The molecule has 0 radical (unpaired) electrons. The molecule has 2 saturated carbocycles. The first kappa shape index (κ1) is 34.4. The fraction of sp³-hybridized carbons (Fsp3) is 0.632. The van der Waals surface area contributed by atoms with Crippen LogP contribution in [0.1, 0.15) is 99.3 Å². The Hall–Kier alpha value is -2.94. The van der Waals surface area contributed by atoms with Crippen molar-refractivity contribution in [2.24, 2.45) is 17.3 Å². The SMILES string of the molecule is CN(CCCCCC(=O)NCCOCCC(=O)O)Cc1ccc(COc2ccc3c(c2)CCC2C3CC[C@@]3(C)C2CC[C@@H]3O)cc1. The number of carbonyl (C=O) groups excluding carboxylic acids is 1. The number of carbonyl (C=O) groups is 2. The second-order valence-electron chi connectivity index (χ2n) is 14.2. The second-order valence-corrected chi connectivity index (χ2v) is 14.2. The number of ether oxygens (including phenoxy) is 2. The van der Waals surface area contributed by atoms with Crippen LogP contribution < -0.4 is 10.1 Å². The van der Waals surface area contributed by atoms with Crippen LogP contribution in [0.4, 0.5) is 0 Å². The van der Waals surface area contributed by atoms with E-state index in [0.717, 1.165) is 57.4 Å². The van der Waals surface area contributed by atoms with Crippen molar-refractivity contribution in [2.45, 2.75) is 103 Å². The summed E-state index contributed by atoms with van der Waals surface area (Å²) in [6.45, 7) is 5.68. The highest BCUT2D eigenvalue weighted by molar-refractivity contribution is 5.75. The average Bonchev–Trinajstić information content (AvgIpc) is 3.35. The van der Waals surface area contributed by atoms with Crippen LogP contribution >= 0.6 is 0 Å². The lowest BCUT2D eigenvalue weighted by Crippen LogP contribution is -2.43. The number of carboxylic acids is 1. The van der Waals surface area contributed by atoms with Crippen molar-refractivity contribution in [3.63, 3.8) is 0 Å². The van der Waals surface area contributed by atoms with Crippen LogP contribution in [0.25, 0.3) is 0 Å². The first-order valence-electron chi connectivity index (χ1n) is 17.5. The molecule has 5 atom stereocenters. The number of aryl methyl sites for hydroxylation is 1. The summed E-state index contributed by atoms with van der Waals surface area (Å²) in [5.74, 6) is 2.10. The molecule has 1 amide bonds. The van der Waals surface area contributed by atoms with Crippen LogP contribution in [-0.4, -0.2) is 66.4 Å². The van der Waals surface area contributed by atoms with E-state index in [9.17, 15) is 14.7 Å². The van der Waals surface area contributed by atoms with Crippen LogP contribution in [0.3, 0.4) is 0 Å². The van der Waals surface area contributed by atoms with Gasteiger partial charge in [0.15, 0.2) is 0 Å². The summed E-state index contributed by atoms with van der Waals surface area (Å²) >= 11 is 0. The van der Waals surface area contributed by atoms with Crippen LogP contribution in [0.5, 0.6) is 5.75 Å². The lowest BCUT2D eigenvalue weighted by molar-refractivity contribution is -0.138. The smallest absolute Gasteiger partial charge is 0.305 e. The Balaban J connectivity index is 0.969. The van der Waals surface area contributed by atoms with E-state index in [-0.39, 0.29) is 30.5 Å². The minimum absolute atomic E-state index is 0.0158.